The van der Waals surface area contributed by atoms with E-state index < -0.39 is 0 Å². The number of hydrogen-bond donors (Lipinski definition) is 1. The Morgan fingerprint density at radius 3 is 2.73 bits per heavy atom. The molecule has 0 fully saturated rings. The number of halogens is 1. The number of rotatable bonds is 5. The van der Waals surface area contributed by atoms with E-state index in [0.717, 1.165) is 23.3 Å². The second-order valence-corrected chi connectivity index (χ2v) is 4.52. The van der Waals surface area contributed by atoms with Gasteiger partial charge in [-0.05, 0) is 32.5 Å². The smallest absolute Gasteiger partial charge is 0.125 e. The van der Waals surface area contributed by atoms with Gasteiger partial charge < -0.3 is 10.1 Å². The van der Waals surface area contributed by atoms with Gasteiger partial charge in [-0.15, -0.1) is 0 Å². The van der Waals surface area contributed by atoms with Crippen LogP contribution in [0.25, 0.3) is 0 Å². The first kappa shape index (κ1) is 12.5. The Balaban J connectivity index is 2.87. The molecule has 15 heavy (non-hydrogen) atoms. The van der Waals surface area contributed by atoms with E-state index in [1.165, 1.54) is 5.56 Å². The molecule has 3 heteroatoms. The van der Waals surface area contributed by atoms with Gasteiger partial charge in [-0.3, -0.25) is 0 Å². The minimum Gasteiger partial charge on any atom is -0.491 e. The zero-order valence-corrected chi connectivity index (χ0v) is 11.1. The highest BCUT2D eigenvalue weighted by Gasteiger charge is 2.08. The van der Waals surface area contributed by atoms with E-state index in [4.69, 9.17) is 4.74 Å². The highest BCUT2D eigenvalue weighted by Crippen LogP contribution is 2.27. The molecular weight excluding hydrogens is 254 g/mol. The number of benzene rings is 1. The first-order valence-corrected chi connectivity index (χ1v) is 6.09. The van der Waals surface area contributed by atoms with E-state index in [1.807, 2.05) is 32.0 Å². The molecule has 0 aliphatic rings. The molecule has 0 unspecified atom stereocenters. The molecule has 1 aromatic carbocycles. The highest BCUT2D eigenvalue weighted by molar-refractivity contribution is 9.10. The fraction of sp³-hybridized carbons (Fsp3) is 0.500. The average Bonchev–Trinajstić information content (AvgIpc) is 2.16. The minimum atomic E-state index is 0.208. The summed E-state index contributed by atoms with van der Waals surface area (Å²) >= 11 is 3.55. The van der Waals surface area contributed by atoms with Crippen LogP contribution in [0.4, 0.5) is 0 Å². The van der Waals surface area contributed by atoms with Crippen molar-refractivity contribution in [3.8, 4) is 5.75 Å². The highest BCUT2D eigenvalue weighted by atomic mass is 79.9. The zero-order valence-electron chi connectivity index (χ0n) is 9.51. The minimum absolute atomic E-state index is 0.208. The average molecular weight is 272 g/mol. The Labute approximate surface area is 100 Å². The van der Waals surface area contributed by atoms with Crippen molar-refractivity contribution in [1.82, 2.24) is 5.32 Å². The van der Waals surface area contributed by atoms with Crippen molar-refractivity contribution in [2.45, 2.75) is 33.4 Å². The Bertz CT molecular complexity index is 312. The third-order valence-corrected chi connectivity index (χ3v) is 2.73. The SMILES string of the molecule is CCNCc1c(Br)cccc1OC(C)C. The summed E-state index contributed by atoms with van der Waals surface area (Å²) in [6, 6.07) is 6.05. The molecule has 0 saturated heterocycles. The monoisotopic (exact) mass is 271 g/mol. The van der Waals surface area contributed by atoms with Gasteiger partial charge in [-0.2, -0.15) is 0 Å². The lowest BCUT2D eigenvalue weighted by molar-refractivity contribution is 0.239. The first-order chi connectivity index (χ1) is 7.15. The lowest BCUT2D eigenvalue weighted by atomic mass is 10.2. The van der Waals surface area contributed by atoms with E-state index in [1.54, 1.807) is 0 Å². The van der Waals surface area contributed by atoms with Gasteiger partial charge in [-0.25, -0.2) is 0 Å². The molecule has 0 aromatic heterocycles. The summed E-state index contributed by atoms with van der Waals surface area (Å²) in [6.07, 6.45) is 0.208. The molecule has 84 valence electrons. The molecule has 1 rings (SSSR count). The molecule has 0 spiro atoms. The summed E-state index contributed by atoms with van der Waals surface area (Å²) in [5, 5.41) is 3.31. The molecule has 0 heterocycles. The van der Waals surface area contributed by atoms with Crippen molar-refractivity contribution < 1.29 is 4.74 Å². The Hall–Kier alpha value is -0.540. The fourth-order valence-electron chi connectivity index (χ4n) is 1.32. The fourth-order valence-corrected chi connectivity index (χ4v) is 1.81. The van der Waals surface area contributed by atoms with Gasteiger partial charge >= 0.3 is 0 Å². The van der Waals surface area contributed by atoms with Crippen molar-refractivity contribution >= 4 is 15.9 Å². The van der Waals surface area contributed by atoms with Gasteiger partial charge in [0.25, 0.3) is 0 Å². The molecular formula is C12H18BrNO. The summed E-state index contributed by atoms with van der Waals surface area (Å²) in [4.78, 5) is 0. The second kappa shape index (κ2) is 6.13. The third-order valence-electron chi connectivity index (χ3n) is 1.99. The van der Waals surface area contributed by atoms with Crippen molar-refractivity contribution in [3.63, 3.8) is 0 Å². The maximum absolute atomic E-state index is 5.75. The van der Waals surface area contributed by atoms with Crippen LogP contribution in [0.15, 0.2) is 22.7 Å². The van der Waals surface area contributed by atoms with Crippen LogP contribution in [0, 0.1) is 0 Å². The van der Waals surface area contributed by atoms with Gasteiger partial charge in [0.1, 0.15) is 5.75 Å². The van der Waals surface area contributed by atoms with E-state index in [2.05, 4.69) is 28.2 Å². The summed E-state index contributed by atoms with van der Waals surface area (Å²) in [7, 11) is 0. The normalized spacial score (nSPS) is 10.7. The molecule has 0 saturated carbocycles. The summed E-state index contributed by atoms with van der Waals surface area (Å²) in [5.41, 5.74) is 1.19. The van der Waals surface area contributed by atoms with Gasteiger partial charge in [0.15, 0.2) is 0 Å². The maximum atomic E-state index is 5.75. The zero-order chi connectivity index (χ0) is 11.3. The molecule has 0 amide bonds. The standard InChI is InChI=1S/C12H18BrNO/c1-4-14-8-10-11(13)6-5-7-12(10)15-9(2)3/h5-7,9,14H,4,8H2,1-3H3. The van der Waals surface area contributed by atoms with Crippen molar-refractivity contribution in [1.29, 1.82) is 0 Å². The van der Waals surface area contributed by atoms with E-state index in [9.17, 15) is 0 Å². The van der Waals surface area contributed by atoms with Crippen molar-refractivity contribution in [2.75, 3.05) is 6.54 Å². The molecule has 1 aromatic rings. The van der Waals surface area contributed by atoms with E-state index in [-0.39, 0.29) is 6.10 Å². The van der Waals surface area contributed by atoms with E-state index in [0.29, 0.717) is 0 Å². The van der Waals surface area contributed by atoms with Crippen LogP contribution in [0.5, 0.6) is 5.75 Å². The predicted octanol–water partition coefficient (Wildman–Crippen LogP) is 3.35. The topological polar surface area (TPSA) is 21.3 Å². The number of hydrogen-bond acceptors (Lipinski definition) is 2. The Morgan fingerprint density at radius 1 is 1.40 bits per heavy atom. The van der Waals surface area contributed by atoms with Gasteiger partial charge in [0.05, 0.1) is 6.10 Å². The molecule has 0 atom stereocenters. The van der Waals surface area contributed by atoms with Crippen molar-refractivity contribution in [3.05, 3.63) is 28.2 Å². The largest absolute Gasteiger partial charge is 0.491 e. The second-order valence-electron chi connectivity index (χ2n) is 3.66. The quantitative estimate of drug-likeness (QED) is 0.887. The van der Waals surface area contributed by atoms with Crippen LogP contribution in [-0.4, -0.2) is 12.6 Å². The molecule has 0 radical (unpaired) electrons. The number of nitrogens with one attached hydrogen (secondary N) is 1. The van der Waals surface area contributed by atoms with Crippen LogP contribution >= 0.6 is 15.9 Å². The number of ether oxygens (including phenoxy) is 1. The molecule has 0 bridgehead atoms. The summed E-state index contributed by atoms with van der Waals surface area (Å²) < 4.78 is 6.85. The van der Waals surface area contributed by atoms with Crippen molar-refractivity contribution in [2.24, 2.45) is 0 Å². The van der Waals surface area contributed by atoms with Crippen LogP contribution in [-0.2, 0) is 6.54 Å². The van der Waals surface area contributed by atoms with Gasteiger partial charge in [-0.1, -0.05) is 28.9 Å². The third kappa shape index (κ3) is 3.84. The lowest BCUT2D eigenvalue weighted by Crippen LogP contribution is -2.15. The van der Waals surface area contributed by atoms with Gasteiger partial charge in [0.2, 0.25) is 0 Å². The molecule has 0 aliphatic heterocycles. The molecule has 0 aliphatic carbocycles. The van der Waals surface area contributed by atoms with E-state index >= 15 is 0 Å². The van der Waals surface area contributed by atoms with Crippen LogP contribution in [0.3, 0.4) is 0 Å². The van der Waals surface area contributed by atoms with Crippen LogP contribution < -0.4 is 10.1 Å². The van der Waals surface area contributed by atoms with Gasteiger partial charge in [0, 0.05) is 16.6 Å². The Morgan fingerprint density at radius 2 is 2.13 bits per heavy atom. The summed E-state index contributed by atoms with van der Waals surface area (Å²) in [5.74, 6) is 0.959. The predicted molar refractivity (Wildman–Crippen MR) is 67.3 cm³/mol. The maximum Gasteiger partial charge on any atom is 0.125 e. The Kier molecular flexibility index (Phi) is 5.12. The lowest BCUT2D eigenvalue weighted by Gasteiger charge is -2.15. The van der Waals surface area contributed by atoms with Crippen LogP contribution in [0.2, 0.25) is 0 Å². The molecule has 2 nitrogen and oxygen atoms in total. The first-order valence-electron chi connectivity index (χ1n) is 5.30. The van der Waals surface area contributed by atoms with Crippen LogP contribution in [0.1, 0.15) is 26.3 Å². The summed E-state index contributed by atoms with van der Waals surface area (Å²) in [6.45, 7) is 7.97. The molecule has 1 N–H and O–H groups in total.